The summed E-state index contributed by atoms with van der Waals surface area (Å²) in [6, 6.07) is 2.07. The molecule has 0 N–H and O–H groups in total. The Kier molecular flexibility index (Phi) is 4.04. The first kappa shape index (κ1) is 13.0. The van der Waals surface area contributed by atoms with Crippen molar-refractivity contribution in [2.45, 2.75) is 13.3 Å². The SMILES string of the molecule is CCOC(=O)c1c(C#N)cc(F)nc1C(F)F. The van der Waals surface area contributed by atoms with Crippen molar-refractivity contribution in [2.24, 2.45) is 0 Å². The lowest BCUT2D eigenvalue weighted by molar-refractivity contribution is 0.0512. The molecule has 7 heteroatoms. The van der Waals surface area contributed by atoms with Crippen LogP contribution in [0.5, 0.6) is 0 Å². The summed E-state index contributed by atoms with van der Waals surface area (Å²) in [4.78, 5) is 14.3. The van der Waals surface area contributed by atoms with E-state index in [1.165, 1.54) is 13.0 Å². The number of nitrogens with zero attached hydrogens (tertiary/aromatic N) is 2. The fraction of sp³-hybridized carbons (Fsp3) is 0.300. The lowest BCUT2D eigenvalue weighted by Gasteiger charge is -2.08. The van der Waals surface area contributed by atoms with E-state index >= 15 is 0 Å². The molecular formula is C10H7F3N2O2. The molecule has 0 aromatic carbocycles. The summed E-state index contributed by atoms with van der Waals surface area (Å²) in [5.74, 6) is -2.36. The number of nitriles is 1. The first-order chi connectivity index (χ1) is 8.01. The summed E-state index contributed by atoms with van der Waals surface area (Å²) in [5, 5.41) is 8.67. The van der Waals surface area contributed by atoms with Gasteiger partial charge < -0.3 is 4.74 Å². The molecule has 0 bridgehead atoms. The molecule has 17 heavy (non-hydrogen) atoms. The predicted octanol–water partition coefficient (Wildman–Crippen LogP) is 2.21. The van der Waals surface area contributed by atoms with Gasteiger partial charge in [-0.3, -0.25) is 0 Å². The van der Waals surface area contributed by atoms with Crippen molar-refractivity contribution < 1.29 is 22.7 Å². The second-order valence-electron chi connectivity index (χ2n) is 2.89. The van der Waals surface area contributed by atoms with Crippen molar-refractivity contribution in [3.8, 4) is 6.07 Å². The van der Waals surface area contributed by atoms with Crippen LogP contribution in [0, 0.1) is 17.3 Å². The van der Waals surface area contributed by atoms with E-state index in [0.717, 1.165) is 0 Å². The van der Waals surface area contributed by atoms with Crippen molar-refractivity contribution in [3.63, 3.8) is 0 Å². The van der Waals surface area contributed by atoms with E-state index in [-0.39, 0.29) is 6.61 Å². The van der Waals surface area contributed by atoms with Crippen LogP contribution in [0.1, 0.15) is 35.0 Å². The van der Waals surface area contributed by atoms with Gasteiger partial charge in [0, 0.05) is 6.07 Å². The van der Waals surface area contributed by atoms with Gasteiger partial charge in [0.05, 0.1) is 12.2 Å². The highest BCUT2D eigenvalue weighted by atomic mass is 19.3. The summed E-state index contributed by atoms with van der Waals surface area (Å²) in [5.41, 5.74) is -2.29. The Bertz CT molecular complexity index is 483. The van der Waals surface area contributed by atoms with Crippen LogP contribution in [0.4, 0.5) is 13.2 Å². The minimum absolute atomic E-state index is 0.0518. The van der Waals surface area contributed by atoms with Gasteiger partial charge in [0.25, 0.3) is 6.43 Å². The van der Waals surface area contributed by atoms with Crippen LogP contribution < -0.4 is 0 Å². The fourth-order valence-corrected chi connectivity index (χ4v) is 1.20. The molecule has 0 aliphatic rings. The number of carbonyl (C=O) groups excluding carboxylic acids is 1. The van der Waals surface area contributed by atoms with Crippen LogP contribution in [0.15, 0.2) is 6.07 Å². The third kappa shape index (κ3) is 2.72. The zero-order valence-electron chi connectivity index (χ0n) is 8.71. The molecule has 0 aliphatic heterocycles. The molecule has 0 radical (unpaired) electrons. The van der Waals surface area contributed by atoms with Gasteiger partial charge >= 0.3 is 5.97 Å². The zero-order valence-corrected chi connectivity index (χ0v) is 8.71. The van der Waals surface area contributed by atoms with Crippen molar-refractivity contribution in [1.82, 2.24) is 4.98 Å². The molecule has 90 valence electrons. The Morgan fingerprint density at radius 2 is 2.29 bits per heavy atom. The fourth-order valence-electron chi connectivity index (χ4n) is 1.20. The second kappa shape index (κ2) is 5.30. The Labute approximate surface area is 94.6 Å². The Morgan fingerprint density at radius 1 is 1.65 bits per heavy atom. The van der Waals surface area contributed by atoms with E-state index in [0.29, 0.717) is 6.07 Å². The number of alkyl halides is 2. The van der Waals surface area contributed by atoms with Gasteiger partial charge in [-0.1, -0.05) is 0 Å². The Morgan fingerprint density at radius 3 is 2.76 bits per heavy atom. The van der Waals surface area contributed by atoms with Gasteiger partial charge in [0.2, 0.25) is 5.95 Å². The molecule has 1 heterocycles. The largest absolute Gasteiger partial charge is 0.462 e. The first-order valence-electron chi connectivity index (χ1n) is 4.57. The topological polar surface area (TPSA) is 63.0 Å². The van der Waals surface area contributed by atoms with Crippen LogP contribution in [-0.4, -0.2) is 17.6 Å². The van der Waals surface area contributed by atoms with E-state index in [1.807, 2.05) is 0 Å². The molecule has 0 saturated carbocycles. The molecule has 4 nitrogen and oxygen atoms in total. The first-order valence-corrected chi connectivity index (χ1v) is 4.57. The normalized spacial score (nSPS) is 10.1. The molecule has 1 rings (SSSR count). The molecule has 0 atom stereocenters. The minimum Gasteiger partial charge on any atom is -0.462 e. The number of hydrogen-bond donors (Lipinski definition) is 0. The third-order valence-electron chi connectivity index (χ3n) is 1.82. The van der Waals surface area contributed by atoms with E-state index in [1.54, 1.807) is 0 Å². The highest BCUT2D eigenvalue weighted by Crippen LogP contribution is 2.24. The van der Waals surface area contributed by atoms with Gasteiger partial charge in [-0.2, -0.15) is 9.65 Å². The number of pyridine rings is 1. The molecule has 1 aromatic rings. The highest BCUT2D eigenvalue weighted by molar-refractivity contribution is 5.93. The van der Waals surface area contributed by atoms with Crippen LogP contribution in [-0.2, 0) is 4.74 Å². The molecule has 0 fully saturated rings. The molecule has 0 saturated heterocycles. The van der Waals surface area contributed by atoms with E-state index in [2.05, 4.69) is 9.72 Å². The van der Waals surface area contributed by atoms with Gasteiger partial charge in [-0.15, -0.1) is 0 Å². The predicted molar refractivity (Wildman–Crippen MR) is 49.8 cm³/mol. The molecule has 0 unspecified atom stereocenters. The van der Waals surface area contributed by atoms with E-state index in [9.17, 15) is 18.0 Å². The molecule has 1 aromatic heterocycles. The number of rotatable bonds is 3. The molecule has 0 spiro atoms. The minimum atomic E-state index is -3.17. The van der Waals surface area contributed by atoms with E-state index in [4.69, 9.17) is 5.26 Å². The number of hydrogen-bond acceptors (Lipinski definition) is 4. The maximum absolute atomic E-state index is 12.9. The Balaban J connectivity index is 3.43. The van der Waals surface area contributed by atoms with Gasteiger partial charge in [-0.25, -0.2) is 18.6 Å². The zero-order chi connectivity index (χ0) is 13.0. The Hall–Kier alpha value is -2.10. The number of ether oxygens (including phenoxy) is 1. The number of esters is 1. The van der Waals surface area contributed by atoms with Crippen LogP contribution in [0.3, 0.4) is 0 Å². The highest BCUT2D eigenvalue weighted by Gasteiger charge is 2.26. The monoisotopic (exact) mass is 244 g/mol. The molecule has 0 aliphatic carbocycles. The lowest BCUT2D eigenvalue weighted by atomic mass is 10.1. The number of halogens is 3. The summed E-state index contributed by atoms with van der Waals surface area (Å²) in [7, 11) is 0. The maximum Gasteiger partial charge on any atom is 0.341 e. The lowest BCUT2D eigenvalue weighted by Crippen LogP contribution is -2.13. The quantitative estimate of drug-likeness (QED) is 0.604. The average molecular weight is 244 g/mol. The molecular weight excluding hydrogens is 237 g/mol. The van der Waals surface area contributed by atoms with Crippen LogP contribution in [0.25, 0.3) is 0 Å². The second-order valence-corrected chi connectivity index (χ2v) is 2.89. The van der Waals surface area contributed by atoms with Gasteiger partial charge in [-0.05, 0) is 6.92 Å². The van der Waals surface area contributed by atoms with Crippen LogP contribution in [0.2, 0.25) is 0 Å². The van der Waals surface area contributed by atoms with E-state index < -0.39 is 35.2 Å². The van der Waals surface area contributed by atoms with Crippen molar-refractivity contribution in [2.75, 3.05) is 6.61 Å². The maximum atomic E-state index is 12.9. The van der Waals surface area contributed by atoms with Crippen molar-refractivity contribution in [3.05, 3.63) is 28.8 Å². The van der Waals surface area contributed by atoms with Crippen molar-refractivity contribution in [1.29, 1.82) is 5.26 Å². The van der Waals surface area contributed by atoms with Crippen LogP contribution >= 0.6 is 0 Å². The summed E-state index contributed by atoms with van der Waals surface area (Å²) in [6.45, 7) is 1.42. The van der Waals surface area contributed by atoms with Gasteiger partial charge in [0.15, 0.2) is 0 Å². The van der Waals surface area contributed by atoms with Gasteiger partial charge in [0.1, 0.15) is 17.3 Å². The number of carbonyl (C=O) groups is 1. The standard InChI is InChI=1S/C10H7F3N2O2/c1-2-17-10(16)7-5(4-14)3-6(11)15-8(7)9(12)13/h3,9H,2H2,1H3. The molecule has 0 amide bonds. The smallest absolute Gasteiger partial charge is 0.341 e. The van der Waals surface area contributed by atoms with Crippen molar-refractivity contribution >= 4 is 5.97 Å². The summed E-state index contributed by atoms with van der Waals surface area (Å²) in [6.07, 6.45) is -3.17. The summed E-state index contributed by atoms with van der Waals surface area (Å²) >= 11 is 0. The average Bonchev–Trinajstić information content (AvgIpc) is 2.27. The third-order valence-corrected chi connectivity index (χ3v) is 1.82. The number of aromatic nitrogens is 1. The summed E-state index contributed by atoms with van der Waals surface area (Å²) < 4.78 is 42.5.